The van der Waals surface area contributed by atoms with Crippen molar-refractivity contribution in [2.45, 2.75) is 56.9 Å². The normalized spacial score (nSPS) is 21.1. The molecule has 1 amide bonds. The van der Waals surface area contributed by atoms with Gasteiger partial charge in [-0.05, 0) is 76.1 Å². The topological polar surface area (TPSA) is 32.3 Å². The largest absolute Gasteiger partial charge is 0.356 e. The van der Waals surface area contributed by atoms with Crippen LogP contribution in [0.25, 0.3) is 0 Å². The second-order valence-corrected chi connectivity index (χ2v) is 8.73. The van der Waals surface area contributed by atoms with Gasteiger partial charge in [-0.25, -0.2) is 0 Å². The van der Waals surface area contributed by atoms with E-state index in [1.807, 2.05) is 0 Å². The van der Waals surface area contributed by atoms with Crippen LogP contribution in [0.15, 0.2) is 60.7 Å². The Balaban J connectivity index is 0.00000320. The van der Waals surface area contributed by atoms with Gasteiger partial charge in [0.25, 0.3) is 0 Å². The average molecular weight is 429 g/mol. The predicted molar refractivity (Wildman–Crippen MR) is 128 cm³/mol. The van der Waals surface area contributed by atoms with E-state index in [0.717, 1.165) is 51.5 Å². The molecule has 3 nitrogen and oxygen atoms in total. The Kier molecular flexibility index (Phi) is 9.87. The van der Waals surface area contributed by atoms with Crippen LogP contribution in [0.1, 0.15) is 56.1 Å². The summed E-state index contributed by atoms with van der Waals surface area (Å²) in [6, 6.07) is 21.4. The van der Waals surface area contributed by atoms with Crippen LogP contribution in [-0.4, -0.2) is 31.4 Å². The van der Waals surface area contributed by atoms with Gasteiger partial charge in [0.2, 0.25) is 5.91 Å². The van der Waals surface area contributed by atoms with Gasteiger partial charge in [-0.2, -0.15) is 0 Å². The first kappa shape index (κ1) is 24.4. The summed E-state index contributed by atoms with van der Waals surface area (Å²) in [6.45, 7) is 0.796. The van der Waals surface area contributed by atoms with E-state index in [2.05, 4.69) is 85.0 Å². The van der Waals surface area contributed by atoms with Crippen LogP contribution in [-0.2, 0) is 16.8 Å². The molecule has 3 rings (SSSR count). The molecule has 1 aliphatic carbocycles. The van der Waals surface area contributed by atoms with Gasteiger partial charge in [0.05, 0.1) is 0 Å². The summed E-state index contributed by atoms with van der Waals surface area (Å²) >= 11 is 0. The number of carbonyl (C=O) groups excluding carboxylic acids is 1. The molecule has 1 fully saturated rings. The van der Waals surface area contributed by atoms with Crippen LogP contribution >= 0.6 is 12.4 Å². The van der Waals surface area contributed by atoms with Gasteiger partial charge in [-0.15, -0.1) is 12.4 Å². The highest BCUT2D eigenvalue weighted by Gasteiger charge is 2.38. The summed E-state index contributed by atoms with van der Waals surface area (Å²) < 4.78 is 0. The second kappa shape index (κ2) is 12.1. The molecule has 0 unspecified atom stereocenters. The van der Waals surface area contributed by atoms with Crippen molar-refractivity contribution in [2.75, 3.05) is 20.6 Å². The monoisotopic (exact) mass is 428 g/mol. The highest BCUT2D eigenvalue weighted by atomic mass is 35.5. The average Bonchev–Trinajstić information content (AvgIpc) is 2.75. The molecule has 0 spiro atoms. The molecule has 4 heteroatoms. The van der Waals surface area contributed by atoms with Gasteiger partial charge in [0, 0.05) is 18.5 Å². The Bertz CT molecular complexity index is 740. The number of nitrogens with one attached hydrogen (secondary N) is 1. The number of nitrogens with zero attached hydrogens (tertiary/aromatic N) is 1. The van der Waals surface area contributed by atoms with Crippen LogP contribution in [0.4, 0.5) is 0 Å². The minimum Gasteiger partial charge on any atom is -0.356 e. The lowest BCUT2D eigenvalue weighted by Crippen LogP contribution is -2.44. The quantitative estimate of drug-likeness (QED) is 0.528. The van der Waals surface area contributed by atoms with E-state index in [9.17, 15) is 4.79 Å². The third-order valence-corrected chi connectivity index (χ3v) is 6.63. The SMILES string of the molecule is CN(C)C1(c2ccccc2)CCC(CC(=O)NCCCCc2ccccc2)CC1.Cl. The summed E-state index contributed by atoms with van der Waals surface area (Å²) in [5.41, 5.74) is 2.90. The van der Waals surface area contributed by atoms with Gasteiger partial charge < -0.3 is 5.32 Å². The molecule has 30 heavy (non-hydrogen) atoms. The number of amides is 1. The summed E-state index contributed by atoms with van der Waals surface area (Å²) in [4.78, 5) is 14.8. The van der Waals surface area contributed by atoms with E-state index >= 15 is 0 Å². The highest BCUT2D eigenvalue weighted by molar-refractivity contribution is 5.85. The minimum absolute atomic E-state index is 0. The van der Waals surface area contributed by atoms with Crippen molar-refractivity contribution in [3.63, 3.8) is 0 Å². The van der Waals surface area contributed by atoms with Crippen molar-refractivity contribution < 1.29 is 4.79 Å². The van der Waals surface area contributed by atoms with Crippen LogP contribution < -0.4 is 5.32 Å². The fourth-order valence-corrected chi connectivity index (χ4v) is 4.76. The maximum atomic E-state index is 12.4. The number of halogens is 1. The van der Waals surface area contributed by atoms with Gasteiger partial charge in [0.15, 0.2) is 0 Å². The Morgan fingerprint density at radius 1 is 0.967 bits per heavy atom. The Labute approximate surface area is 188 Å². The smallest absolute Gasteiger partial charge is 0.220 e. The number of aryl methyl sites for hydroxylation is 1. The number of hydrogen-bond donors (Lipinski definition) is 1. The molecule has 2 aromatic rings. The summed E-state index contributed by atoms with van der Waals surface area (Å²) in [7, 11) is 4.38. The van der Waals surface area contributed by atoms with E-state index in [4.69, 9.17) is 0 Å². The minimum atomic E-state index is 0. The predicted octanol–water partition coefficient (Wildman–Crippen LogP) is 5.58. The zero-order valence-corrected chi connectivity index (χ0v) is 19.3. The molecule has 164 valence electrons. The molecule has 0 saturated heterocycles. The molecule has 2 aromatic carbocycles. The Hall–Kier alpha value is -1.84. The summed E-state index contributed by atoms with van der Waals surface area (Å²) in [6.07, 6.45) is 8.42. The molecule has 1 saturated carbocycles. The molecular formula is C26H37ClN2O. The molecule has 0 atom stereocenters. The van der Waals surface area contributed by atoms with Crippen molar-refractivity contribution in [1.82, 2.24) is 10.2 Å². The van der Waals surface area contributed by atoms with Crippen molar-refractivity contribution in [1.29, 1.82) is 0 Å². The number of carbonyl (C=O) groups is 1. The lowest BCUT2D eigenvalue weighted by Gasteiger charge is -2.45. The first-order valence-electron chi connectivity index (χ1n) is 11.1. The van der Waals surface area contributed by atoms with E-state index in [-0.39, 0.29) is 23.9 Å². The van der Waals surface area contributed by atoms with Crippen LogP contribution in [0.3, 0.4) is 0 Å². The molecule has 1 aliphatic rings. The summed E-state index contributed by atoms with van der Waals surface area (Å²) in [5.74, 6) is 0.739. The maximum Gasteiger partial charge on any atom is 0.220 e. The number of rotatable bonds is 9. The molecule has 0 radical (unpaired) electrons. The van der Waals surface area contributed by atoms with Gasteiger partial charge in [0.1, 0.15) is 0 Å². The zero-order valence-electron chi connectivity index (χ0n) is 18.5. The Morgan fingerprint density at radius 2 is 1.57 bits per heavy atom. The fourth-order valence-electron chi connectivity index (χ4n) is 4.76. The van der Waals surface area contributed by atoms with Crippen molar-refractivity contribution in [3.8, 4) is 0 Å². The second-order valence-electron chi connectivity index (χ2n) is 8.73. The number of unbranched alkanes of at least 4 members (excludes halogenated alkanes) is 1. The van der Waals surface area contributed by atoms with Gasteiger partial charge in [-0.3, -0.25) is 9.69 Å². The molecule has 1 N–H and O–H groups in total. The van der Waals surface area contributed by atoms with Crippen molar-refractivity contribution >= 4 is 18.3 Å². The van der Waals surface area contributed by atoms with Crippen LogP contribution in [0.5, 0.6) is 0 Å². The van der Waals surface area contributed by atoms with Crippen LogP contribution in [0, 0.1) is 5.92 Å². The molecular weight excluding hydrogens is 392 g/mol. The number of hydrogen-bond acceptors (Lipinski definition) is 2. The third kappa shape index (κ3) is 6.58. The highest BCUT2D eigenvalue weighted by Crippen LogP contribution is 2.43. The van der Waals surface area contributed by atoms with Crippen molar-refractivity contribution in [3.05, 3.63) is 71.8 Å². The maximum absolute atomic E-state index is 12.4. The number of benzene rings is 2. The lowest BCUT2D eigenvalue weighted by molar-refractivity contribution is -0.122. The van der Waals surface area contributed by atoms with E-state index in [0.29, 0.717) is 12.3 Å². The molecule has 0 bridgehead atoms. The Morgan fingerprint density at radius 3 is 2.17 bits per heavy atom. The molecule has 0 heterocycles. The van der Waals surface area contributed by atoms with E-state index in [1.54, 1.807) is 0 Å². The standard InChI is InChI=1S/C26H36N2O.ClH/c1-28(2)26(24-14-7-4-8-15-24)18-16-23(17-19-26)21-25(29)27-20-10-9-13-22-11-5-3-6-12-22;/h3-8,11-12,14-15,23H,9-10,13,16-21H2,1-2H3,(H,27,29);1H. The van der Waals surface area contributed by atoms with Crippen molar-refractivity contribution in [2.24, 2.45) is 5.92 Å². The van der Waals surface area contributed by atoms with E-state index in [1.165, 1.54) is 11.1 Å². The fraction of sp³-hybridized carbons (Fsp3) is 0.500. The third-order valence-electron chi connectivity index (χ3n) is 6.63. The van der Waals surface area contributed by atoms with Gasteiger partial charge in [-0.1, -0.05) is 60.7 Å². The van der Waals surface area contributed by atoms with Gasteiger partial charge >= 0.3 is 0 Å². The lowest BCUT2D eigenvalue weighted by atomic mass is 9.71. The molecule has 0 aromatic heterocycles. The molecule has 0 aliphatic heterocycles. The summed E-state index contributed by atoms with van der Waals surface area (Å²) in [5, 5.41) is 3.14. The van der Waals surface area contributed by atoms with Crippen LogP contribution in [0.2, 0.25) is 0 Å². The van der Waals surface area contributed by atoms with E-state index < -0.39 is 0 Å². The first-order chi connectivity index (χ1) is 14.1. The first-order valence-corrected chi connectivity index (χ1v) is 11.1. The zero-order chi connectivity index (χ0) is 20.5.